The summed E-state index contributed by atoms with van der Waals surface area (Å²) >= 11 is 2.48. The summed E-state index contributed by atoms with van der Waals surface area (Å²) in [5.41, 5.74) is 0. The van der Waals surface area contributed by atoms with E-state index in [0.29, 0.717) is 0 Å². The zero-order valence-corrected chi connectivity index (χ0v) is 9.36. The zero-order chi connectivity index (χ0) is 7.82. The summed E-state index contributed by atoms with van der Waals surface area (Å²) in [6.45, 7) is 4.58. The standard InChI is InChI=1S/C9H19I/c1-3-5-9(6-4-2)7-8-10/h9H,3-8H2,1-2H3. The van der Waals surface area contributed by atoms with E-state index >= 15 is 0 Å². The van der Waals surface area contributed by atoms with Crippen LogP contribution in [0.25, 0.3) is 0 Å². The van der Waals surface area contributed by atoms with Crippen LogP contribution in [0, 0.1) is 5.92 Å². The van der Waals surface area contributed by atoms with Gasteiger partial charge in [0, 0.05) is 0 Å². The lowest BCUT2D eigenvalue weighted by molar-refractivity contribution is 0.433. The van der Waals surface area contributed by atoms with Gasteiger partial charge in [0.15, 0.2) is 0 Å². The monoisotopic (exact) mass is 254 g/mol. The van der Waals surface area contributed by atoms with E-state index in [1.165, 1.54) is 36.5 Å². The smallest absolute Gasteiger partial charge is 0.000209 e. The molecule has 10 heavy (non-hydrogen) atoms. The van der Waals surface area contributed by atoms with Crippen molar-refractivity contribution in [1.82, 2.24) is 0 Å². The summed E-state index contributed by atoms with van der Waals surface area (Å²) in [6.07, 6.45) is 7.04. The quantitative estimate of drug-likeness (QED) is 0.496. The normalized spacial score (nSPS) is 10.8. The highest BCUT2D eigenvalue weighted by atomic mass is 127. The van der Waals surface area contributed by atoms with Crippen LogP contribution in [-0.4, -0.2) is 4.43 Å². The predicted octanol–water partition coefficient (Wildman–Crippen LogP) is 4.03. The van der Waals surface area contributed by atoms with E-state index in [0.717, 1.165) is 5.92 Å². The van der Waals surface area contributed by atoms with Crippen LogP contribution >= 0.6 is 22.6 Å². The van der Waals surface area contributed by atoms with Gasteiger partial charge in [0.1, 0.15) is 0 Å². The van der Waals surface area contributed by atoms with Gasteiger partial charge in [-0.1, -0.05) is 62.1 Å². The molecule has 0 saturated heterocycles. The molecule has 0 saturated carbocycles. The number of hydrogen-bond acceptors (Lipinski definition) is 0. The maximum Gasteiger partial charge on any atom is -0.000209 e. The van der Waals surface area contributed by atoms with Gasteiger partial charge < -0.3 is 0 Å². The van der Waals surface area contributed by atoms with Gasteiger partial charge >= 0.3 is 0 Å². The van der Waals surface area contributed by atoms with Gasteiger partial charge in [0.05, 0.1) is 0 Å². The van der Waals surface area contributed by atoms with E-state index in [9.17, 15) is 0 Å². The maximum absolute atomic E-state index is 2.48. The van der Waals surface area contributed by atoms with Crippen LogP contribution < -0.4 is 0 Å². The van der Waals surface area contributed by atoms with Gasteiger partial charge in [0.25, 0.3) is 0 Å². The first-order valence-corrected chi connectivity index (χ1v) is 5.93. The van der Waals surface area contributed by atoms with Crippen molar-refractivity contribution in [2.45, 2.75) is 46.0 Å². The molecule has 0 aliphatic carbocycles. The van der Waals surface area contributed by atoms with Gasteiger partial charge in [-0.2, -0.15) is 0 Å². The van der Waals surface area contributed by atoms with Crippen LogP contribution in [0.2, 0.25) is 0 Å². The van der Waals surface area contributed by atoms with Crippen LogP contribution in [0.1, 0.15) is 46.0 Å². The van der Waals surface area contributed by atoms with E-state index in [1.54, 1.807) is 0 Å². The van der Waals surface area contributed by atoms with Crippen LogP contribution in [-0.2, 0) is 0 Å². The molecular weight excluding hydrogens is 235 g/mol. The van der Waals surface area contributed by atoms with Crippen molar-refractivity contribution in [2.75, 3.05) is 4.43 Å². The van der Waals surface area contributed by atoms with E-state index in [1.807, 2.05) is 0 Å². The highest BCUT2D eigenvalue weighted by Crippen LogP contribution is 2.18. The Bertz CT molecular complexity index is 47.5. The minimum atomic E-state index is 1.02. The fourth-order valence-electron chi connectivity index (χ4n) is 1.40. The first-order valence-electron chi connectivity index (χ1n) is 4.41. The third kappa shape index (κ3) is 5.51. The Kier molecular flexibility index (Phi) is 8.40. The summed E-state index contributed by atoms with van der Waals surface area (Å²) < 4.78 is 1.34. The van der Waals surface area contributed by atoms with Crippen LogP contribution in [0.5, 0.6) is 0 Å². The molecule has 0 spiro atoms. The summed E-state index contributed by atoms with van der Waals surface area (Å²) in [4.78, 5) is 0. The molecule has 0 heterocycles. The second kappa shape index (κ2) is 7.83. The Morgan fingerprint density at radius 2 is 1.50 bits per heavy atom. The third-order valence-electron chi connectivity index (χ3n) is 1.91. The number of rotatable bonds is 6. The van der Waals surface area contributed by atoms with E-state index in [4.69, 9.17) is 0 Å². The molecule has 0 rings (SSSR count). The Labute approximate surface area is 78.9 Å². The van der Waals surface area contributed by atoms with E-state index in [2.05, 4.69) is 36.4 Å². The SMILES string of the molecule is CCCC(CCC)CCI. The molecule has 1 heteroatoms. The molecule has 0 N–H and O–H groups in total. The summed E-state index contributed by atoms with van der Waals surface area (Å²) in [7, 11) is 0. The van der Waals surface area contributed by atoms with Crippen molar-refractivity contribution in [3.63, 3.8) is 0 Å². The van der Waals surface area contributed by atoms with Gasteiger partial charge in [-0.25, -0.2) is 0 Å². The molecule has 0 nitrogen and oxygen atoms in total. The Morgan fingerprint density at radius 1 is 1.00 bits per heavy atom. The molecule has 62 valence electrons. The van der Waals surface area contributed by atoms with Crippen LogP contribution in [0.4, 0.5) is 0 Å². The molecule has 0 aromatic heterocycles. The fourth-order valence-corrected chi connectivity index (χ4v) is 2.28. The lowest BCUT2D eigenvalue weighted by Gasteiger charge is -2.12. The zero-order valence-electron chi connectivity index (χ0n) is 7.20. The van der Waals surface area contributed by atoms with Crippen molar-refractivity contribution < 1.29 is 0 Å². The lowest BCUT2D eigenvalue weighted by Crippen LogP contribution is -1.99. The molecule has 0 fully saturated rings. The molecule has 0 unspecified atom stereocenters. The van der Waals surface area contributed by atoms with Crippen LogP contribution in [0.15, 0.2) is 0 Å². The fraction of sp³-hybridized carbons (Fsp3) is 1.00. The first-order chi connectivity index (χ1) is 4.85. The summed E-state index contributed by atoms with van der Waals surface area (Å²) in [5, 5.41) is 0. The summed E-state index contributed by atoms with van der Waals surface area (Å²) in [5.74, 6) is 1.02. The maximum atomic E-state index is 2.48. The third-order valence-corrected chi connectivity index (χ3v) is 2.53. The largest absolute Gasteiger partial charge is 0.0864 e. The first kappa shape index (κ1) is 10.7. The Hall–Kier alpha value is 0.730. The molecule has 0 bridgehead atoms. The summed E-state index contributed by atoms with van der Waals surface area (Å²) in [6, 6.07) is 0. The van der Waals surface area contributed by atoms with Crippen molar-refractivity contribution in [2.24, 2.45) is 5.92 Å². The molecule has 0 aromatic rings. The molecular formula is C9H19I. The average molecular weight is 254 g/mol. The van der Waals surface area contributed by atoms with E-state index < -0.39 is 0 Å². The molecule has 0 aromatic carbocycles. The van der Waals surface area contributed by atoms with Gasteiger partial charge in [-0.05, 0) is 16.8 Å². The van der Waals surface area contributed by atoms with Crippen molar-refractivity contribution >= 4 is 22.6 Å². The second-order valence-electron chi connectivity index (χ2n) is 2.92. The van der Waals surface area contributed by atoms with Gasteiger partial charge in [-0.15, -0.1) is 0 Å². The molecule has 0 aliphatic heterocycles. The topological polar surface area (TPSA) is 0 Å². The number of halogens is 1. The number of alkyl halides is 1. The highest BCUT2D eigenvalue weighted by molar-refractivity contribution is 14.1. The van der Waals surface area contributed by atoms with Gasteiger partial charge in [0.2, 0.25) is 0 Å². The molecule has 0 radical (unpaired) electrons. The Balaban J connectivity index is 3.30. The minimum absolute atomic E-state index is 1.02. The second-order valence-corrected chi connectivity index (χ2v) is 4.00. The van der Waals surface area contributed by atoms with Crippen molar-refractivity contribution in [3.8, 4) is 0 Å². The molecule has 0 amide bonds. The Morgan fingerprint density at radius 3 is 1.80 bits per heavy atom. The van der Waals surface area contributed by atoms with Crippen molar-refractivity contribution in [1.29, 1.82) is 0 Å². The van der Waals surface area contributed by atoms with Crippen LogP contribution in [0.3, 0.4) is 0 Å². The van der Waals surface area contributed by atoms with Crippen molar-refractivity contribution in [3.05, 3.63) is 0 Å². The lowest BCUT2D eigenvalue weighted by atomic mass is 9.96. The predicted molar refractivity (Wildman–Crippen MR) is 56.8 cm³/mol. The highest BCUT2D eigenvalue weighted by Gasteiger charge is 2.03. The molecule has 0 aliphatic rings. The van der Waals surface area contributed by atoms with Gasteiger partial charge in [-0.3, -0.25) is 0 Å². The number of hydrogen-bond donors (Lipinski definition) is 0. The molecule has 0 atom stereocenters. The minimum Gasteiger partial charge on any atom is -0.0864 e. The van der Waals surface area contributed by atoms with E-state index in [-0.39, 0.29) is 0 Å². The average Bonchev–Trinajstić information content (AvgIpc) is 1.90.